The highest BCUT2D eigenvalue weighted by Crippen LogP contribution is 2.23. The molecule has 2 atom stereocenters. The van der Waals surface area contributed by atoms with E-state index in [2.05, 4.69) is 5.32 Å². The van der Waals surface area contributed by atoms with Crippen molar-refractivity contribution < 1.29 is 5.11 Å². The Morgan fingerprint density at radius 3 is 2.07 bits per heavy atom. The van der Waals surface area contributed by atoms with E-state index in [0.29, 0.717) is 10.0 Å². The first-order valence-electron chi connectivity index (χ1n) is 4.39. The van der Waals surface area contributed by atoms with Crippen LogP contribution in [0.5, 0.6) is 0 Å². The summed E-state index contributed by atoms with van der Waals surface area (Å²) in [6, 6.07) is 5.17. The van der Waals surface area contributed by atoms with Crippen LogP contribution in [0.3, 0.4) is 0 Å². The Labute approximate surface area is 93.8 Å². The molecule has 0 aliphatic heterocycles. The van der Waals surface area contributed by atoms with Crippen LogP contribution in [0.2, 0.25) is 10.0 Å². The third-order valence-electron chi connectivity index (χ3n) is 1.98. The molecular weight excluding hydrogens is 221 g/mol. The van der Waals surface area contributed by atoms with Crippen LogP contribution in [0.15, 0.2) is 18.2 Å². The van der Waals surface area contributed by atoms with E-state index in [9.17, 15) is 5.11 Å². The average Bonchev–Trinajstić information content (AvgIpc) is 2.01. The second-order valence-corrected chi connectivity index (χ2v) is 4.20. The summed E-state index contributed by atoms with van der Waals surface area (Å²) in [6.07, 6.45) is -0.423. The molecule has 1 aromatic carbocycles. The Bertz CT molecular complexity index is 295. The van der Waals surface area contributed by atoms with Crippen LogP contribution in [0.1, 0.15) is 13.8 Å². The van der Waals surface area contributed by atoms with Crippen LogP contribution in [0.25, 0.3) is 0 Å². The molecule has 0 saturated carbocycles. The van der Waals surface area contributed by atoms with Crippen LogP contribution >= 0.6 is 23.2 Å². The van der Waals surface area contributed by atoms with Gasteiger partial charge in [-0.2, -0.15) is 0 Å². The summed E-state index contributed by atoms with van der Waals surface area (Å²) in [5.41, 5.74) is 0.816. The van der Waals surface area contributed by atoms with Crippen molar-refractivity contribution in [3.05, 3.63) is 28.2 Å². The molecule has 0 spiro atoms. The van der Waals surface area contributed by atoms with Gasteiger partial charge in [0.2, 0.25) is 0 Å². The van der Waals surface area contributed by atoms with E-state index in [1.165, 1.54) is 0 Å². The van der Waals surface area contributed by atoms with E-state index in [1.807, 2.05) is 6.92 Å². The predicted octanol–water partition coefficient (Wildman–Crippen LogP) is 3.17. The van der Waals surface area contributed by atoms with Gasteiger partial charge in [-0.25, -0.2) is 0 Å². The molecule has 0 aromatic heterocycles. The molecule has 0 saturated heterocycles. The highest BCUT2D eigenvalue weighted by atomic mass is 35.5. The SMILES string of the molecule is CC(O)C(C)Nc1cc(Cl)cc(Cl)c1. The molecule has 2 nitrogen and oxygen atoms in total. The third-order valence-corrected chi connectivity index (χ3v) is 2.42. The van der Waals surface area contributed by atoms with E-state index in [4.69, 9.17) is 23.2 Å². The van der Waals surface area contributed by atoms with Crippen LogP contribution in [0, 0.1) is 0 Å². The van der Waals surface area contributed by atoms with Crippen molar-refractivity contribution in [1.82, 2.24) is 0 Å². The van der Waals surface area contributed by atoms with Crippen molar-refractivity contribution in [2.24, 2.45) is 0 Å². The van der Waals surface area contributed by atoms with E-state index >= 15 is 0 Å². The normalized spacial score (nSPS) is 14.9. The molecule has 1 rings (SSSR count). The summed E-state index contributed by atoms with van der Waals surface area (Å²) < 4.78 is 0. The Kier molecular flexibility index (Phi) is 4.05. The number of aliphatic hydroxyl groups excluding tert-OH is 1. The van der Waals surface area contributed by atoms with E-state index < -0.39 is 6.10 Å². The van der Waals surface area contributed by atoms with Gasteiger partial charge in [-0.15, -0.1) is 0 Å². The molecule has 0 aliphatic rings. The number of rotatable bonds is 3. The number of nitrogens with one attached hydrogen (secondary N) is 1. The molecule has 0 amide bonds. The van der Waals surface area contributed by atoms with E-state index in [-0.39, 0.29) is 6.04 Å². The van der Waals surface area contributed by atoms with E-state index in [0.717, 1.165) is 5.69 Å². The summed E-state index contributed by atoms with van der Waals surface area (Å²) in [4.78, 5) is 0. The van der Waals surface area contributed by atoms with Gasteiger partial charge in [0.15, 0.2) is 0 Å². The van der Waals surface area contributed by atoms with Crippen molar-refractivity contribution in [1.29, 1.82) is 0 Å². The summed E-state index contributed by atoms with van der Waals surface area (Å²) in [6.45, 7) is 3.61. The fourth-order valence-electron chi connectivity index (χ4n) is 1.02. The Hall–Kier alpha value is -0.440. The fraction of sp³-hybridized carbons (Fsp3) is 0.400. The average molecular weight is 234 g/mol. The fourth-order valence-corrected chi connectivity index (χ4v) is 1.55. The quantitative estimate of drug-likeness (QED) is 0.841. The van der Waals surface area contributed by atoms with Crippen molar-refractivity contribution in [2.75, 3.05) is 5.32 Å². The standard InChI is InChI=1S/C10H13Cl2NO/c1-6(7(2)14)13-10-4-8(11)3-9(12)5-10/h3-7,13-14H,1-2H3. The molecule has 0 radical (unpaired) electrons. The minimum atomic E-state index is -0.423. The minimum absolute atomic E-state index is 0.0375. The molecule has 2 unspecified atom stereocenters. The van der Waals surface area contributed by atoms with Crippen molar-refractivity contribution in [3.8, 4) is 0 Å². The van der Waals surface area contributed by atoms with Crippen LogP contribution in [0.4, 0.5) is 5.69 Å². The molecule has 14 heavy (non-hydrogen) atoms. The molecule has 0 bridgehead atoms. The topological polar surface area (TPSA) is 32.3 Å². The molecule has 0 fully saturated rings. The first-order valence-corrected chi connectivity index (χ1v) is 5.15. The van der Waals surface area contributed by atoms with Crippen LogP contribution < -0.4 is 5.32 Å². The lowest BCUT2D eigenvalue weighted by Crippen LogP contribution is -2.27. The predicted molar refractivity (Wildman–Crippen MR) is 61.2 cm³/mol. The van der Waals surface area contributed by atoms with Crippen molar-refractivity contribution >= 4 is 28.9 Å². The third kappa shape index (κ3) is 3.37. The zero-order chi connectivity index (χ0) is 10.7. The van der Waals surface area contributed by atoms with Gasteiger partial charge in [0.25, 0.3) is 0 Å². The maximum Gasteiger partial charge on any atom is 0.0710 e. The molecular formula is C10H13Cl2NO. The van der Waals surface area contributed by atoms with Gasteiger partial charge in [-0.3, -0.25) is 0 Å². The van der Waals surface area contributed by atoms with Crippen LogP contribution in [-0.2, 0) is 0 Å². The maximum absolute atomic E-state index is 9.29. The highest BCUT2D eigenvalue weighted by Gasteiger charge is 2.08. The Morgan fingerprint density at radius 2 is 1.64 bits per heavy atom. The molecule has 1 aromatic rings. The first kappa shape index (κ1) is 11.6. The Balaban J connectivity index is 2.76. The van der Waals surface area contributed by atoms with Gasteiger partial charge in [-0.05, 0) is 32.0 Å². The number of benzene rings is 1. The van der Waals surface area contributed by atoms with Gasteiger partial charge >= 0.3 is 0 Å². The molecule has 4 heteroatoms. The lowest BCUT2D eigenvalue weighted by molar-refractivity contribution is 0.178. The summed E-state index contributed by atoms with van der Waals surface area (Å²) in [5.74, 6) is 0. The van der Waals surface area contributed by atoms with E-state index in [1.54, 1.807) is 25.1 Å². The molecule has 0 aliphatic carbocycles. The number of halogens is 2. The molecule has 0 heterocycles. The number of anilines is 1. The second-order valence-electron chi connectivity index (χ2n) is 3.33. The molecule has 2 N–H and O–H groups in total. The van der Waals surface area contributed by atoms with Gasteiger partial charge in [-0.1, -0.05) is 23.2 Å². The lowest BCUT2D eigenvalue weighted by Gasteiger charge is -2.18. The number of hydrogen-bond acceptors (Lipinski definition) is 2. The first-order chi connectivity index (χ1) is 6.49. The van der Waals surface area contributed by atoms with Crippen LogP contribution in [-0.4, -0.2) is 17.3 Å². The number of hydrogen-bond donors (Lipinski definition) is 2. The summed E-state index contributed by atoms with van der Waals surface area (Å²) in [5, 5.41) is 13.6. The lowest BCUT2D eigenvalue weighted by atomic mass is 10.2. The van der Waals surface area contributed by atoms with Gasteiger partial charge < -0.3 is 10.4 Å². The number of aliphatic hydroxyl groups is 1. The Morgan fingerprint density at radius 1 is 1.14 bits per heavy atom. The smallest absolute Gasteiger partial charge is 0.0710 e. The molecule has 78 valence electrons. The largest absolute Gasteiger partial charge is 0.391 e. The summed E-state index contributed by atoms with van der Waals surface area (Å²) in [7, 11) is 0. The van der Waals surface area contributed by atoms with Gasteiger partial charge in [0, 0.05) is 21.8 Å². The zero-order valence-corrected chi connectivity index (χ0v) is 9.60. The van der Waals surface area contributed by atoms with Crippen molar-refractivity contribution in [2.45, 2.75) is 26.0 Å². The van der Waals surface area contributed by atoms with Gasteiger partial charge in [0.05, 0.1) is 6.10 Å². The van der Waals surface area contributed by atoms with Gasteiger partial charge in [0.1, 0.15) is 0 Å². The minimum Gasteiger partial charge on any atom is -0.391 e. The van der Waals surface area contributed by atoms with Crippen molar-refractivity contribution in [3.63, 3.8) is 0 Å². The monoisotopic (exact) mass is 233 g/mol. The second kappa shape index (κ2) is 4.87. The maximum atomic E-state index is 9.29. The highest BCUT2D eigenvalue weighted by molar-refractivity contribution is 6.35. The zero-order valence-electron chi connectivity index (χ0n) is 8.09. The summed E-state index contributed by atoms with van der Waals surface area (Å²) >= 11 is 11.7.